The highest BCUT2D eigenvalue weighted by Crippen LogP contribution is 2.17. The van der Waals surface area contributed by atoms with E-state index >= 15 is 0 Å². The third-order valence-electron chi connectivity index (χ3n) is 3.01. The lowest BCUT2D eigenvalue weighted by Crippen LogP contribution is -2.32. The zero-order valence-corrected chi connectivity index (χ0v) is 11.9. The summed E-state index contributed by atoms with van der Waals surface area (Å²) < 4.78 is 26.8. The molecule has 4 nitrogen and oxygen atoms in total. The molecule has 0 amide bonds. The fourth-order valence-corrected chi connectivity index (χ4v) is 3.05. The van der Waals surface area contributed by atoms with Gasteiger partial charge in [0.1, 0.15) is 0 Å². The van der Waals surface area contributed by atoms with Crippen LogP contribution in [0.3, 0.4) is 0 Å². The van der Waals surface area contributed by atoms with Gasteiger partial charge in [0.25, 0.3) is 0 Å². The lowest BCUT2D eigenvalue weighted by atomic mass is 10.1. The van der Waals surface area contributed by atoms with E-state index < -0.39 is 10.0 Å². The summed E-state index contributed by atoms with van der Waals surface area (Å²) in [6, 6.07) is 4.79. The molecule has 0 spiro atoms. The predicted molar refractivity (Wildman–Crippen MR) is 71.8 cm³/mol. The van der Waals surface area contributed by atoms with Crippen LogP contribution in [0, 0.1) is 0 Å². The molecule has 0 fully saturated rings. The molecule has 1 rings (SSSR count). The van der Waals surface area contributed by atoms with Crippen molar-refractivity contribution in [3.63, 3.8) is 0 Å². The monoisotopic (exact) mass is 271 g/mol. The highest BCUT2D eigenvalue weighted by atomic mass is 32.2. The molecule has 1 unspecified atom stereocenters. The molecule has 2 N–H and O–H groups in total. The second kappa shape index (κ2) is 6.31. The molecule has 0 bridgehead atoms. The molecule has 1 aromatic carbocycles. The first-order chi connectivity index (χ1) is 8.44. The Morgan fingerprint density at radius 3 is 2.44 bits per heavy atom. The van der Waals surface area contributed by atoms with Crippen molar-refractivity contribution in [3.8, 4) is 0 Å². The number of aliphatic hydroxyl groups excluding tert-OH is 1. The summed E-state index contributed by atoms with van der Waals surface area (Å²) in [7, 11) is -3.49. The van der Waals surface area contributed by atoms with Gasteiger partial charge < -0.3 is 5.11 Å². The predicted octanol–water partition coefficient (Wildman–Crippen LogP) is 1.82. The van der Waals surface area contributed by atoms with Crippen LogP contribution in [0.2, 0.25) is 0 Å². The van der Waals surface area contributed by atoms with E-state index in [2.05, 4.69) is 4.72 Å². The molecular weight excluding hydrogens is 250 g/mol. The normalized spacial score (nSPS) is 13.6. The lowest BCUT2D eigenvalue weighted by molar-refractivity contribution is 0.280. The zero-order chi connectivity index (χ0) is 13.8. The van der Waals surface area contributed by atoms with Crippen LogP contribution in [0.1, 0.15) is 38.3 Å². The summed E-state index contributed by atoms with van der Waals surface area (Å²) >= 11 is 0. The van der Waals surface area contributed by atoms with Gasteiger partial charge in [0.2, 0.25) is 10.0 Å². The second-order valence-electron chi connectivity index (χ2n) is 4.37. The van der Waals surface area contributed by atoms with Gasteiger partial charge in [-0.1, -0.05) is 19.9 Å². The summed E-state index contributed by atoms with van der Waals surface area (Å²) in [5.41, 5.74) is 1.64. The van der Waals surface area contributed by atoms with E-state index in [4.69, 9.17) is 0 Å². The summed E-state index contributed by atoms with van der Waals surface area (Å²) in [6.45, 7) is 5.58. The Labute approximate surface area is 109 Å². The van der Waals surface area contributed by atoms with Crippen LogP contribution in [0.25, 0.3) is 0 Å². The van der Waals surface area contributed by atoms with Crippen LogP contribution in [0.15, 0.2) is 23.1 Å². The summed E-state index contributed by atoms with van der Waals surface area (Å²) in [5.74, 6) is 0. The summed E-state index contributed by atoms with van der Waals surface area (Å²) in [6.07, 6.45) is 1.51. The van der Waals surface area contributed by atoms with Gasteiger partial charge in [0.05, 0.1) is 11.5 Å². The van der Waals surface area contributed by atoms with Gasteiger partial charge in [0.15, 0.2) is 0 Å². The molecule has 0 saturated carbocycles. The molecule has 1 aromatic rings. The minimum atomic E-state index is -3.49. The quantitative estimate of drug-likeness (QED) is 0.829. The number of hydrogen-bond donors (Lipinski definition) is 2. The van der Waals surface area contributed by atoms with Gasteiger partial charge in [0, 0.05) is 6.04 Å². The van der Waals surface area contributed by atoms with E-state index in [1.807, 2.05) is 20.8 Å². The molecule has 102 valence electrons. The highest BCUT2D eigenvalue weighted by Gasteiger charge is 2.17. The van der Waals surface area contributed by atoms with Crippen LogP contribution in [-0.4, -0.2) is 19.6 Å². The molecular formula is C13H21NO3S. The van der Waals surface area contributed by atoms with Crippen LogP contribution >= 0.6 is 0 Å². The van der Waals surface area contributed by atoms with E-state index in [0.29, 0.717) is 5.56 Å². The Bertz CT molecular complexity index is 497. The molecule has 0 aliphatic rings. The van der Waals surface area contributed by atoms with Gasteiger partial charge in [-0.05, 0) is 43.0 Å². The maximum absolute atomic E-state index is 12.1. The Morgan fingerprint density at radius 1 is 1.28 bits per heavy atom. The molecule has 1 atom stereocenters. The van der Waals surface area contributed by atoms with Crippen molar-refractivity contribution in [1.82, 2.24) is 4.72 Å². The van der Waals surface area contributed by atoms with E-state index in [1.54, 1.807) is 18.2 Å². The molecule has 0 radical (unpaired) electrons. The van der Waals surface area contributed by atoms with E-state index in [0.717, 1.165) is 18.4 Å². The average molecular weight is 271 g/mol. The number of hydrogen-bond acceptors (Lipinski definition) is 3. The van der Waals surface area contributed by atoms with Crippen molar-refractivity contribution in [3.05, 3.63) is 29.3 Å². The first-order valence-corrected chi connectivity index (χ1v) is 7.67. The maximum atomic E-state index is 12.1. The van der Waals surface area contributed by atoms with Crippen molar-refractivity contribution in [2.45, 2.75) is 51.2 Å². The SMILES string of the molecule is CCc1ccc(S(=O)(=O)NC(C)CC)cc1CO. The molecule has 0 aromatic heterocycles. The van der Waals surface area contributed by atoms with Crippen molar-refractivity contribution < 1.29 is 13.5 Å². The maximum Gasteiger partial charge on any atom is 0.240 e. The van der Waals surface area contributed by atoms with Crippen molar-refractivity contribution in [1.29, 1.82) is 0 Å². The zero-order valence-electron chi connectivity index (χ0n) is 11.1. The molecule has 18 heavy (non-hydrogen) atoms. The third kappa shape index (κ3) is 3.54. The van der Waals surface area contributed by atoms with Gasteiger partial charge in [-0.2, -0.15) is 0 Å². The van der Waals surface area contributed by atoms with Crippen molar-refractivity contribution >= 4 is 10.0 Å². The fourth-order valence-electron chi connectivity index (χ4n) is 1.68. The largest absolute Gasteiger partial charge is 0.392 e. The Kier molecular flexibility index (Phi) is 5.31. The Hall–Kier alpha value is -0.910. The van der Waals surface area contributed by atoms with Gasteiger partial charge >= 0.3 is 0 Å². The molecule has 0 aliphatic carbocycles. The highest BCUT2D eigenvalue weighted by molar-refractivity contribution is 7.89. The molecule has 0 heterocycles. The fraction of sp³-hybridized carbons (Fsp3) is 0.538. The first kappa shape index (κ1) is 15.1. The van der Waals surface area contributed by atoms with E-state index in [1.165, 1.54) is 0 Å². The van der Waals surface area contributed by atoms with Gasteiger partial charge in [-0.25, -0.2) is 13.1 Å². The minimum Gasteiger partial charge on any atom is -0.392 e. The van der Waals surface area contributed by atoms with Crippen molar-refractivity contribution in [2.24, 2.45) is 0 Å². The third-order valence-corrected chi connectivity index (χ3v) is 4.60. The topological polar surface area (TPSA) is 66.4 Å². The van der Waals surface area contributed by atoms with Gasteiger partial charge in [-0.3, -0.25) is 0 Å². The van der Waals surface area contributed by atoms with Gasteiger partial charge in [-0.15, -0.1) is 0 Å². The number of rotatable bonds is 6. The Balaban J connectivity index is 3.10. The second-order valence-corrected chi connectivity index (χ2v) is 6.09. The number of benzene rings is 1. The number of nitrogens with one attached hydrogen (secondary N) is 1. The van der Waals surface area contributed by atoms with Crippen molar-refractivity contribution in [2.75, 3.05) is 0 Å². The number of aliphatic hydroxyl groups is 1. The molecule has 0 aliphatic heterocycles. The van der Waals surface area contributed by atoms with E-state index in [-0.39, 0.29) is 17.5 Å². The van der Waals surface area contributed by atoms with Crippen LogP contribution in [0.4, 0.5) is 0 Å². The van der Waals surface area contributed by atoms with Crippen LogP contribution < -0.4 is 4.72 Å². The number of aryl methyl sites for hydroxylation is 1. The standard InChI is InChI=1S/C13H21NO3S/c1-4-10(3)14-18(16,17)13-7-6-11(5-2)12(8-13)9-15/h6-8,10,14-15H,4-5,9H2,1-3H3. The average Bonchev–Trinajstić information content (AvgIpc) is 2.37. The molecule has 0 saturated heterocycles. The summed E-state index contributed by atoms with van der Waals surface area (Å²) in [4.78, 5) is 0.212. The summed E-state index contributed by atoms with van der Waals surface area (Å²) in [5, 5.41) is 9.25. The van der Waals surface area contributed by atoms with Crippen LogP contribution in [0.5, 0.6) is 0 Å². The minimum absolute atomic E-state index is 0.0987. The molecule has 5 heteroatoms. The smallest absolute Gasteiger partial charge is 0.240 e. The first-order valence-electron chi connectivity index (χ1n) is 6.19. The van der Waals surface area contributed by atoms with Crippen LogP contribution in [-0.2, 0) is 23.1 Å². The Morgan fingerprint density at radius 2 is 1.94 bits per heavy atom. The lowest BCUT2D eigenvalue weighted by Gasteiger charge is -2.13. The number of sulfonamides is 1. The van der Waals surface area contributed by atoms with E-state index in [9.17, 15) is 13.5 Å².